The Kier molecular flexibility index (Phi) is 6.86. The summed E-state index contributed by atoms with van der Waals surface area (Å²) in [5.74, 6) is 2.78. The van der Waals surface area contributed by atoms with Gasteiger partial charge < -0.3 is 9.88 Å². The second-order valence-corrected chi connectivity index (χ2v) is 11.2. The quantitative estimate of drug-likeness (QED) is 0.338. The molecule has 3 aromatic rings. The van der Waals surface area contributed by atoms with Gasteiger partial charge in [-0.15, -0.1) is 17.8 Å². The fraction of sp³-hybridized carbons (Fsp3) is 0.448. The van der Waals surface area contributed by atoms with Crippen LogP contribution < -0.4 is 0 Å². The molecule has 33 heavy (non-hydrogen) atoms. The second kappa shape index (κ2) is 9.50. The van der Waals surface area contributed by atoms with E-state index in [0.29, 0.717) is 0 Å². The van der Waals surface area contributed by atoms with Crippen molar-refractivity contribution in [3.8, 4) is 23.6 Å². The van der Waals surface area contributed by atoms with E-state index in [1.165, 1.54) is 48.6 Å². The first-order valence-electron chi connectivity index (χ1n) is 12.0. The minimum absolute atomic E-state index is 0.0186. The van der Waals surface area contributed by atoms with Crippen molar-refractivity contribution in [3.05, 3.63) is 58.0 Å². The Hall–Kier alpha value is -2.32. The average molecular weight is 460 g/mol. The van der Waals surface area contributed by atoms with E-state index in [1.807, 2.05) is 11.3 Å². The number of terminal acetylenes is 1. The third-order valence-electron chi connectivity index (χ3n) is 7.25. The summed E-state index contributed by atoms with van der Waals surface area (Å²) in [6, 6.07) is 9.28. The Morgan fingerprint density at radius 1 is 1.09 bits per heavy atom. The number of hydrogen-bond acceptors (Lipinski definition) is 3. The van der Waals surface area contributed by atoms with Gasteiger partial charge in [-0.1, -0.05) is 49.1 Å². The first-order valence-corrected chi connectivity index (χ1v) is 12.8. The number of nitrogens with zero attached hydrogens (tertiary/aromatic N) is 2. The molecule has 1 aliphatic rings. The topological polar surface area (TPSA) is 22.3 Å². The highest BCUT2D eigenvalue weighted by Crippen LogP contribution is 2.42. The van der Waals surface area contributed by atoms with Crippen molar-refractivity contribution in [2.45, 2.75) is 46.5 Å². The molecule has 0 bridgehead atoms. The van der Waals surface area contributed by atoms with Crippen LogP contribution in [0.3, 0.4) is 0 Å². The first-order chi connectivity index (χ1) is 15.7. The van der Waals surface area contributed by atoms with Crippen molar-refractivity contribution in [3.63, 3.8) is 0 Å². The number of hydrogen-bond donors (Lipinski definition) is 1. The summed E-state index contributed by atoms with van der Waals surface area (Å²) in [5, 5.41) is 1.38. The maximum Gasteiger partial charge on any atom is 0.101 e. The molecule has 1 aliphatic heterocycles. The molecule has 2 aromatic heterocycles. The van der Waals surface area contributed by atoms with E-state index in [2.05, 4.69) is 86.2 Å². The zero-order chi connectivity index (χ0) is 23.8. The van der Waals surface area contributed by atoms with Gasteiger partial charge in [0.2, 0.25) is 0 Å². The molecule has 3 heterocycles. The number of allylic oxidation sites excluding steroid dienone is 1. The van der Waals surface area contributed by atoms with Gasteiger partial charge >= 0.3 is 0 Å². The Labute approximate surface area is 203 Å². The number of fused-ring (bicyclic) bond motifs is 1. The lowest BCUT2D eigenvalue weighted by molar-refractivity contribution is 0.145. The molecular formula is C29H37N3S. The molecule has 0 amide bonds. The number of piperazine rings is 1. The van der Waals surface area contributed by atoms with Gasteiger partial charge in [-0.3, -0.25) is 4.90 Å². The zero-order valence-corrected chi connectivity index (χ0v) is 21.7. The molecule has 0 radical (unpaired) electrons. The predicted molar refractivity (Wildman–Crippen MR) is 144 cm³/mol. The van der Waals surface area contributed by atoms with Crippen molar-refractivity contribution in [2.75, 3.05) is 39.3 Å². The van der Waals surface area contributed by atoms with Gasteiger partial charge in [0.05, 0.1) is 12.2 Å². The molecule has 0 spiro atoms. The van der Waals surface area contributed by atoms with Gasteiger partial charge in [0.15, 0.2) is 0 Å². The summed E-state index contributed by atoms with van der Waals surface area (Å²) in [7, 11) is 0. The molecule has 1 aromatic carbocycles. The molecule has 1 saturated heterocycles. The van der Waals surface area contributed by atoms with E-state index >= 15 is 0 Å². The molecule has 0 atom stereocenters. The minimum atomic E-state index is -0.0186. The second-order valence-electron chi connectivity index (χ2n) is 10.2. The number of nitrogens with one attached hydrogen (secondary N) is 1. The lowest BCUT2D eigenvalue weighted by Crippen LogP contribution is -2.46. The largest absolute Gasteiger partial charge is 0.346 e. The van der Waals surface area contributed by atoms with Crippen molar-refractivity contribution in [1.82, 2.24) is 14.8 Å². The van der Waals surface area contributed by atoms with Crippen molar-refractivity contribution in [1.29, 1.82) is 0 Å². The summed E-state index contributed by atoms with van der Waals surface area (Å²) >= 11 is 1.88. The van der Waals surface area contributed by atoms with Crippen LogP contribution in [-0.4, -0.2) is 54.1 Å². The first kappa shape index (κ1) is 23.8. The van der Waals surface area contributed by atoms with E-state index < -0.39 is 0 Å². The lowest BCUT2D eigenvalue weighted by Gasteiger charge is -2.33. The average Bonchev–Trinajstić information content (AvgIpc) is 3.32. The summed E-state index contributed by atoms with van der Waals surface area (Å²) in [5.41, 5.74) is 7.83. The van der Waals surface area contributed by atoms with E-state index in [-0.39, 0.29) is 5.41 Å². The standard InChI is InChI=1S/C29H37N3S/c1-8-10-31-12-14-32(15-13-31)11-9-24-25-19-26(29(6,7)20(2)3)33-28(25)30-27(24)23-17-21(4)16-22(5)18-23/h1,16-19,30H,2,9-15H2,3-7H3. The third-order valence-corrected chi connectivity index (χ3v) is 8.62. The van der Waals surface area contributed by atoms with Crippen LogP contribution in [-0.2, 0) is 11.8 Å². The van der Waals surface area contributed by atoms with Crippen LogP contribution in [0.25, 0.3) is 21.5 Å². The molecule has 3 nitrogen and oxygen atoms in total. The van der Waals surface area contributed by atoms with Crippen LogP contribution in [0.15, 0.2) is 36.4 Å². The number of aryl methyl sites for hydroxylation is 2. The Bertz CT molecular complexity index is 1180. The van der Waals surface area contributed by atoms with E-state index in [0.717, 1.165) is 45.7 Å². The van der Waals surface area contributed by atoms with Crippen LogP contribution >= 0.6 is 11.3 Å². The molecule has 0 aliphatic carbocycles. The monoisotopic (exact) mass is 459 g/mol. The fourth-order valence-corrected chi connectivity index (χ4v) is 6.02. The molecular weight excluding hydrogens is 422 g/mol. The van der Waals surface area contributed by atoms with Gasteiger partial charge in [0, 0.05) is 48.4 Å². The molecule has 4 rings (SSSR count). The van der Waals surface area contributed by atoms with Crippen molar-refractivity contribution in [2.24, 2.45) is 0 Å². The van der Waals surface area contributed by atoms with Crippen molar-refractivity contribution < 1.29 is 0 Å². The summed E-state index contributed by atoms with van der Waals surface area (Å²) in [6.45, 7) is 21.5. The number of benzene rings is 1. The molecule has 1 N–H and O–H groups in total. The summed E-state index contributed by atoms with van der Waals surface area (Å²) in [4.78, 5) is 11.4. The van der Waals surface area contributed by atoms with E-state index in [4.69, 9.17) is 6.42 Å². The number of H-pyrrole nitrogens is 1. The highest BCUT2D eigenvalue weighted by atomic mass is 32.1. The van der Waals surface area contributed by atoms with Gasteiger partial charge in [-0.2, -0.15) is 0 Å². The van der Waals surface area contributed by atoms with Crippen LogP contribution in [0, 0.1) is 26.2 Å². The minimum Gasteiger partial charge on any atom is -0.346 e. The molecule has 174 valence electrons. The summed E-state index contributed by atoms with van der Waals surface area (Å²) < 4.78 is 0. The molecule has 1 fully saturated rings. The fourth-order valence-electron chi connectivity index (χ4n) is 4.75. The van der Waals surface area contributed by atoms with Crippen LogP contribution in [0.4, 0.5) is 0 Å². The molecule has 0 saturated carbocycles. The van der Waals surface area contributed by atoms with Gasteiger partial charge in [-0.05, 0) is 56.5 Å². The normalized spacial score (nSPS) is 15.8. The highest BCUT2D eigenvalue weighted by Gasteiger charge is 2.26. The molecule has 4 heteroatoms. The van der Waals surface area contributed by atoms with Crippen LogP contribution in [0.5, 0.6) is 0 Å². The van der Waals surface area contributed by atoms with Crippen LogP contribution in [0.2, 0.25) is 0 Å². The Balaban J connectivity index is 1.67. The zero-order valence-electron chi connectivity index (χ0n) is 20.8. The Morgan fingerprint density at radius 2 is 1.73 bits per heavy atom. The highest BCUT2D eigenvalue weighted by molar-refractivity contribution is 7.18. The number of thiophene rings is 1. The smallest absolute Gasteiger partial charge is 0.101 e. The van der Waals surface area contributed by atoms with Gasteiger partial charge in [0.25, 0.3) is 0 Å². The van der Waals surface area contributed by atoms with Gasteiger partial charge in [-0.25, -0.2) is 0 Å². The maximum atomic E-state index is 5.50. The van der Waals surface area contributed by atoms with Crippen molar-refractivity contribution >= 4 is 21.6 Å². The molecule has 0 unspecified atom stereocenters. The maximum absolute atomic E-state index is 5.50. The Morgan fingerprint density at radius 3 is 2.33 bits per heavy atom. The van der Waals surface area contributed by atoms with Crippen LogP contribution in [0.1, 0.15) is 42.3 Å². The predicted octanol–water partition coefficient (Wildman–Crippen LogP) is 6.16. The van der Waals surface area contributed by atoms with E-state index in [1.54, 1.807) is 0 Å². The van der Waals surface area contributed by atoms with E-state index in [9.17, 15) is 0 Å². The summed E-state index contributed by atoms with van der Waals surface area (Å²) in [6.07, 6.45) is 6.54. The third kappa shape index (κ3) is 4.96. The lowest BCUT2D eigenvalue weighted by atomic mass is 9.84. The number of aromatic amines is 1. The number of rotatable bonds is 7. The SMILES string of the molecule is C#CCN1CCN(CCc2c(-c3cc(C)cc(C)c3)[nH]c3sc(C(C)(C)C(=C)C)cc23)CC1. The van der Waals surface area contributed by atoms with Gasteiger partial charge in [0.1, 0.15) is 4.83 Å². The number of aromatic nitrogens is 1.